The third-order valence-electron chi connectivity index (χ3n) is 3.52. The van der Waals surface area contributed by atoms with Gasteiger partial charge in [-0.15, -0.1) is 0 Å². The van der Waals surface area contributed by atoms with Crippen molar-refractivity contribution >= 4 is 0 Å². The predicted molar refractivity (Wildman–Crippen MR) is 74.6 cm³/mol. The molecule has 1 fully saturated rings. The van der Waals surface area contributed by atoms with Crippen LogP contribution in [-0.2, 0) is 25.6 Å². The minimum absolute atomic E-state index is 0.170. The standard InChI is InChI=1S/C15H22O6/c1-18-9-11-12(16)13(19-2)14(15(17)21-11)20-8-10-6-4-3-5-7-10/h3-7,11-17H,8-9H2,1-2H3/t11?,12-,13+,14?,15+/m1/s1. The van der Waals surface area contributed by atoms with E-state index in [1.54, 1.807) is 0 Å². The first kappa shape index (κ1) is 16.4. The second kappa shape index (κ2) is 7.84. The van der Waals surface area contributed by atoms with Gasteiger partial charge >= 0.3 is 0 Å². The Morgan fingerprint density at radius 1 is 1.10 bits per heavy atom. The molecule has 0 radical (unpaired) electrons. The average Bonchev–Trinajstić information content (AvgIpc) is 2.50. The highest BCUT2D eigenvalue weighted by Gasteiger charge is 2.45. The molecule has 5 atom stereocenters. The van der Waals surface area contributed by atoms with E-state index in [4.69, 9.17) is 18.9 Å². The van der Waals surface area contributed by atoms with E-state index in [0.717, 1.165) is 5.56 Å². The van der Waals surface area contributed by atoms with E-state index in [9.17, 15) is 10.2 Å². The van der Waals surface area contributed by atoms with E-state index >= 15 is 0 Å². The van der Waals surface area contributed by atoms with Crippen LogP contribution in [0, 0.1) is 0 Å². The van der Waals surface area contributed by atoms with E-state index < -0.39 is 30.7 Å². The summed E-state index contributed by atoms with van der Waals surface area (Å²) in [5, 5.41) is 20.3. The third kappa shape index (κ3) is 4.00. The topological polar surface area (TPSA) is 77.4 Å². The summed E-state index contributed by atoms with van der Waals surface area (Å²) < 4.78 is 21.3. The van der Waals surface area contributed by atoms with Crippen molar-refractivity contribution in [1.29, 1.82) is 0 Å². The van der Waals surface area contributed by atoms with Gasteiger partial charge in [-0.1, -0.05) is 30.3 Å². The average molecular weight is 298 g/mol. The molecule has 1 heterocycles. The molecule has 0 aliphatic carbocycles. The second-order valence-corrected chi connectivity index (χ2v) is 4.97. The number of hydrogen-bond acceptors (Lipinski definition) is 6. The highest BCUT2D eigenvalue weighted by molar-refractivity contribution is 5.13. The molecule has 118 valence electrons. The summed E-state index contributed by atoms with van der Waals surface area (Å²) in [6.07, 6.45) is -4.20. The molecular formula is C15H22O6. The van der Waals surface area contributed by atoms with Gasteiger partial charge in [0.15, 0.2) is 6.29 Å². The van der Waals surface area contributed by atoms with Crippen LogP contribution in [0.3, 0.4) is 0 Å². The van der Waals surface area contributed by atoms with Crippen molar-refractivity contribution in [2.75, 3.05) is 20.8 Å². The van der Waals surface area contributed by atoms with Gasteiger partial charge in [0.1, 0.15) is 24.4 Å². The first-order valence-corrected chi connectivity index (χ1v) is 6.86. The van der Waals surface area contributed by atoms with Gasteiger partial charge in [0.2, 0.25) is 0 Å². The second-order valence-electron chi connectivity index (χ2n) is 4.97. The van der Waals surface area contributed by atoms with Gasteiger partial charge in [-0.05, 0) is 5.56 Å². The van der Waals surface area contributed by atoms with Gasteiger partial charge in [-0.2, -0.15) is 0 Å². The van der Waals surface area contributed by atoms with E-state index in [1.807, 2.05) is 30.3 Å². The zero-order valence-corrected chi connectivity index (χ0v) is 12.2. The molecule has 1 aromatic carbocycles. The number of methoxy groups -OCH3 is 2. The number of ether oxygens (including phenoxy) is 4. The maximum atomic E-state index is 10.2. The Morgan fingerprint density at radius 2 is 1.81 bits per heavy atom. The van der Waals surface area contributed by atoms with Gasteiger partial charge in [0.05, 0.1) is 13.2 Å². The number of rotatable bonds is 6. The smallest absolute Gasteiger partial charge is 0.184 e. The Morgan fingerprint density at radius 3 is 2.43 bits per heavy atom. The maximum Gasteiger partial charge on any atom is 0.184 e. The van der Waals surface area contributed by atoms with Crippen LogP contribution in [0.1, 0.15) is 5.56 Å². The fourth-order valence-corrected chi connectivity index (χ4v) is 2.42. The van der Waals surface area contributed by atoms with Crippen LogP contribution in [0.4, 0.5) is 0 Å². The first-order valence-electron chi connectivity index (χ1n) is 6.86. The lowest BCUT2D eigenvalue weighted by atomic mass is 9.99. The van der Waals surface area contributed by atoms with E-state index in [-0.39, 0.29) is 6.61 Å². The molecule has 0 spiro atoms. The Hall–Kier alpha value is -1.02. The third-order valence-corrected chi connectivity index (χ3v) is 3.52. The van der Waals surface area contributed by atoms with Crippen LogP contribution in [0.5, 0.6) is 0 Å². The Bertz CT molecular complexity index is 412. The van der Waals surface area contributed by atoms with Gasteiger partial charge in [0, 0.05) is 14.2 Å². The summed E-state index contributed by atoms with van der Waals surface area (Å²) in [4.78, 5) is 0. The van der Waals surface area contributed by atoms with Crippen molar-refractivity contribution in [3.63, 3.8) is 0 Å². The molecule has 0 saturated carbocycles. The fourth-order valence-electron chi connectivity index (χ4n) is 2.42. The number of hydrogen-bond donors (Lipinski definition) is 2. The molecule has 6 heteroatoms. The summed E-state index contributed by atoms with van der Waals surface area (Å²) in [6.45, 7) is 0.469. The Balaban J connectivity index is 2.00. The molecule has 1 aromatic rings. The van der Waals surface area contributed by atoms with Crippen molar-refractivity contribution in [1.82, 2.24) is 0 Å². The van der Waals surface area contributed by atoms with Gasteiger partial charge in [-0.25, -0.2) is 0 Å². The van der Waals surface area contributed by atoms with E-state index in [2.05, 4.69) is 0 Å². The summed E-state index contributed by atoms with van der Waals surface area (Å²) in [5.41, 5.74) is 0.966. The van der Waals surface area contributed by atoms with Gasteiger partial charge in [0.25, 0.3) is 0 Å². The van der Waals surface area contributed by atoms with Crippen LogP contribution >= 0.6 is 0 Å². The molecule has 1 aliphatic rings. The number of aliphatic hydroxyl groups is 2. The molecule has 6 nitrogen and oxygen atoms in total. The summed E-state index contributed by atoms with van der Waals surface area (Å²) >= 11 is 0. The van der Waals surface area contributed by atoms with Crippen molar-refractivity contribution < 1.29 is 29.2 Å². The van der Waals surface area contributed by atoms with E-state index in [1.165, 1.54) is 14.2 Å². The Kier molecular flexibility index (Phi) is 6.10. The molecule has 0 aromatic heterocycles. The van der Waals surface area contributed by atoms with Crippen molar-refractivity contribution in [2.24, 2.45) is 0 Å². The van der Waals surface area contributed by atoms with Crippen molar-refractivity contribution in [3.8, 4) is 0 Å². The number of benzene rings is 1. The summed E-state index contributed by atoms with van der Waals surface area (Å²) in [7, 11) is 2.97. The zero-order chi connectivity index (χ0) is 15.2. The minimum atomic E-state index is -1.18. The Labute approximate surface area is 124 Å². The first-order chi connectivity index (χ1) is 10.2. The van der Waals surface area contributed by atoms with Crippen LogP contribution < -0.4 is 0 Å². The van der Waals surface area contributed by atoms with Gasteiger partial charge < -0.3 is 29.2 Å². The molecule has 2 unspecified atom stereocenters. The quantitative estimate of drug-likeness (QED) is 0.787. The van der Waals surface area contributed by atoms with Gasteiger partial charge in [-0.3, -0.25) is 0 Å². The molecule has 0 amide bonds. The monoisotopic (exact) mass is 298 g/mol. The maximum absolute atomic E-state index is 10.2. The molecule has 2 rings (SSSR count). The molecule has 1 aliphatic heterocycles. The normalized spacial score (nSPS) is 33.0. The SMILES string of the molecule is COCC1O[C@H](O)C(OCc2ccccc2)[C@@H](OC)[C@@H]1O. The highest BCUT2D eigenvalue weighted by Crippen LogP contribution is 2.25. The fraction of sp³-hybridized carbons (Fsp3) is 0.600. The van der Waals surface area contributed by atoms with Crippen LogP contribution in [-0.4, -0.2) is 61.7 Å². The largest absolute Gasteiger partial charge is 0.387 e. The van der Waals surface area contributed by atoms with Crippen LogP contribution in [0.15, 0.2) is 30.3 Å². The highest BCUT2D eigenvalue weighted by atomic mass is 16.7. The van der Waals surface area contributed by atoms with Crippen LogP contribution in [0.25, 0.3) is 0 Å². The van der Waals surface area contributed by atoms with Crippen molar-refractivity contribution in [3.05, 3.63) is 35.9 Å². The predicted octanol–water partition coefficient (Wildman–Crippen LogP) is 0.311. The number of aliphatic hydroxyl groups excluding tert-OH is 2. The minimum Gasteiger partial charge on any atom is -0.387 e. The molecular weight excluding hydrogens is 276 g/mol. The molecule has 0 bridgehead atoms. The lowest BCUT2D eigenvalue weighted by Gasteiger charge is -2.41. The molecule has 2 N–H and O–H groups in total. The molecule has 1 saturated heterocycles. The van der Waals surface area contributed by atoms with Crippen molar-refractivity contribution in [2.45, 2.75) is 37.3 Å². The summed E-state index contributed by atoms with van der Waals surface area (Å²) in [6, 6.07) is 9.57. The molecule has 21 heavy (non-hydrogen) atoms. The van der Waals surface area contributed by atoms with E-state index in [0.29, 0.717) is 6.61 Å². The summed E-state index contributed by atoms with van der Waals surface area (Å²) in [5.74, 6) is 0. The lowest BCUT2D eigenvalue weighted by molar-refractivity contribution is -0.303. The zero-order valence-electron chi connectivity index (χ0n) is 12.2. The van der Waals surface area contributed by atoms with Crippen LogP contribution in [0.2, 0.25) is 0 Å². The lowest BCUT2D eigenvalue weighted by Crippen LogP contribution is -2.60.